The van der Waals surface area contributed by atoms with Gasteiger partial charge in [-0.1, -0.05) is 31.6 Å². The van der Waals surface area contributed by atoms with Gasteiger partial charge in [-0.15, -0.1) is 21.5 Å². The minimum Gasteiger partial charge on any atom is -0.360 e. The lowest BCUT2D eigenvalue weighted by atomic mass is 10.3. The second kappa shape index (κ2) is 6.18. The molecule has 0 aliphatic heterocycles. The van der Waals surface area contributed by atoms with Crippen LogP contribution in [-0.4, -0.2) is 21.7 Å². The van der Waals surface area contributed by atoms with Crippen LogP contribution in [0.3, 0.4) is 0 Å². The largest absolute Gasteiger partial charge is 0.360 e. The van der Waals surface area contributed by atoms with Crippen molar-refractivity contribution in [2.75, 3.05) is 11.9 Å². The standard InChI is InChI=1S/C14H20N4S2/c1-3-5-8-15-14-18-17-13(20-14)11-10(4-2)16-12(19-11)9-6-7-9/h9H,3-8H2,1-2H3,(H,15,18). The third kappa shape index (κ3) is 3.01. The van der Waals surface area contributed by atoms with Gasteiger partial charge >= 0.3 is 0 Å². The van der Waals surface area contributed by atoms with Gasteiger partial charge in [0, 0.05) is 12.5 Å². The highest BCUT2D eigenvalue weighted by Gasteiger charge is 2.29. The van der Waals surface area contributed by atoms with Crippen LogP contribution in [0.25, 0.3) is 9.88 Å². The Balaban J connectivity index is 1.77. The van der Waals surface area contributed by atoms with Gasteiger partial charge in [-0.05, 0) is 25.7 Å². The Morgan fingerprint density at radius 2 is 2.05 bits per heavy atom. The van der Waals surface area contributed by atoms with E-state index in [1.165, 1.54) is 41.3 Å². The second-order valence-corrected chi connectivity index (χ2v) is 7.16. The van der Waals surface area contributed by atoms with Gasteiger partial charge in [0.1, 0.15) is 0 Å². The molecule has 0 amide bonds. The molecule has 6 heteroatoms. The highest BCUT2D eigenvalue weighted by atomic mass is 32.1. The number of aromatic nitrogens is 3. The van der Waals surface area contributed by atoms with Crippen LogP contribution in [0.15, 0.2) is 0 Å². The number of unbranched alkanes of at least 4 members (excludes halogenated alkanes) is 1. The number of hydrogen-bond acceptors (Lipinski definition) is 6. The lowest BCUT2D eigenvalue weighted by Gasteiger charge is -1.97. The number of anilines is 1. The number of rotatable bonds is 7. The Labute approximate surface area is 127 Å². The highest BCUT2D eigenvalue weighted by Crippen LogP contribution is 2.45. The highest BCUT2D eigenvalue weighted by molar-refractivity contribution is 7.23. The monoisotopic (exact) mass is 308 g/mol. The molecule has 2 heterocycles. The molecule has 20 heavy (non-hydrogen) atoms. The van der Waals surface area contributed by atoms with Crippen molar-refractivity contribution in [3.05, 3.63) is 10.7 Å². The first-order chi connectivity index (χ1) is 9.81. The quantitative estimate of drug-likeness (QED) is 0.774. The van der Waals surface area contributed by atoms with E-state index in [-0.39, 0.29) is 0 Å². The predicted molar refractivity (Wildman–Crippen MR) is 85.8 cm³/mol. The third-order valence-electron chi connectivity index (χ3n) is 3.40. The molecule has 1 N–H and O–H groups in total. The maximum Gasteiger partial charge on any atom is 0.206 e. The van der Waals surface area contributed by atoms with Crippen molar-refractivity contribution in [3.8, 4) is 9.88 Å². The minimum absolute atomic E-state index is 0.717. The van der Waals surface area contributed by atoms with E-state index in [1.807, 2.05) is 11.3 Å². The van der Waals surface area contributed by atoms with Crippen molar-refractivity contribution in [3.63, 3.8) is 0 Å². The zero-order valence-corrected chi connectivity index (χ0v) is 13.6. The van der Waals surface area contributed by atoms with Crippen LogP contribution >= 0.6 is 22.7 Å². The number of aryl methyl sites for hydroxylation is 1. The Bertz CT molecular complexity index is 571. The molecule has 0 unspecified atom stereocenters. The summed E-state index contributed by atoms with van der Waals surface area (Å²) in [6.45, 7) is 5.33. The molecular weight excluding hydrogens is 288 g/mol. The van der Waals surface area contributed by atoms with Gasteiger partial charge in [0.25, 0.3) is 0 Å². The molecule has 0 bridgehead atoms. The van der Waals surface area contributed by atoms with E-state index in [1.54, 1.807) is 11.3 Å². The summed E-state index contributed by atoms with van der Waals surface area (Å²) in [5.41, 5.74) is 1.19. The van der Waals surface area contributed by atoms with Gasteiger partial charge in [0.2, 0.25) is 5.13 Å². The summed E-state index contributed by atoms with van der Waals surface area (Å²) < 4.78 is 0. The molecule has 2 aromatic rings. The molecule has 2 aromatic heterocycles. The Kier molecular flexibility index (Phi) is 4.31. The van der Waals surface area contributed by atoms with Crippen LogP contribution in [0, 0.1) is 0 Å². The number of nitrogens with zero attached hydrogens (tertiary/aromatic N) is 3. The molecule has 0 radical (unpaired) electrons. The molecule has 1 aliphatic carbocycles. The zero-order chi connectivity index (χ0) is 13.9. The summed E-state index contributed by atoms with van der Waals surface area (Å²) in [6, 6.07) is 0. The molecule has 0 aromatic carbocycles. The van der Waals surface area contributed by atoms with Crippen molar-refractivity contribution >= 4 is 27.8 Å². The van der Waals surface area contributed by atoms with Crippen molar-refractivity contribution < 1.29 is 0 Å². The summed E-state index contributed by atoms with van der Waals surface area (Å²) in [6.07, 6.45) is 5.93. The molecule has 0 saturated heterocycles. The molecule has 108 valence electrons. The van der Waals surface area contributed by atoms with Crippen molar-refractivity contribution in [2.45, 2.75) is 51.9 Å². The van der Waals surface area contributed by atoms with Crippen LogP contribution in [0.4, 0.5) is 5.13 Å². The number of hydrogen-bond donors (Lipinski definition) is 1. The first kappa shape index (κ1) is 13.9. The summed E-state index contributed by atoms with van der Waals surface area (Å²) >= 11 is 3.47. The van der Waals surface area contributed by atoms with E-state index in [4.69, 9.17) is 4.98 Å². The molecule has 1 saturated carbocycles. The van der Waals surface area contributed by atoms with Crippen molar-refractivity contribution in [1.82, 2.24) is 15.2 Å². The zero-order valence-electron chi connectivity index (χ0n) is 12.0. The average Bonchev–Trinajstić information content (AvgIpc) is 3.05. The number of thiazole rings is 1. The van der Waals surface area contributed by atoms with Gasteiger partial charge in [-0.2, -0.15) is 0 Å². The fourth-order valence-corrected chi connectivity index (χ4v) is 4.22. The molecule has 3 rings (SSSR count). The molecule has 0 spiro atoms. The van der Waals surface area contributed by atoms with Gasteiger partial charge in [0.05, 0.1) is 15.6 Å². The molecular formula is C14H20N4S2. The van der Waals surface area contributed by atoms with Gasteiger partial charge in [0.15, 0.2) is 5.01 Å². The molecule has 1 aliphatic rings. The normalized spacial score (nSPS) is 14.7. The summed E-state index contributed by atoms with van der Waals surface area (Å²) in [5, 5.41) is 15.2. The fourth-order valence-electron chi connectivity index (χ4n) is 2.04. The van der Waals surface area contributed by atoms with Gasteiger partial charge in [-0.25, -0.2) is 4.98 Å². The maximum absolute atomic E-state index is 4.79. The van der Waals surface area contributed by atoms with E-state index >= 15 is 0 Å². The maximum atomic E-state index is 4.79. The van der Waals surface area contributed by atoms with Crippen LogP contribution in [0.2, 0.25) is 0 Å². The van der Waals surface area contributed by atoms with Gasteiger partial charge < -0.3 is 5.32 Å². The number of nitrogens with one attached hydrogen (secondary N) is 1. The van der Waals surface area contributed by atoms with Crippen LogP contribution in [0.5, 0.6) is 0 Å². The Morgan fingerprint density at radius 3 is 2.75 bits per heavy atom. The molecule has 0 atom stereocenters. The summed E-state index contributed by atoms with van der Waals surface area (Å²) in [7, 11) is 0. The van der Waals surface area contributed by atoms with Crippen LogP contribution < -0.4 is 5.32 Å². The SMILES string of the molecule is CCCCNc1nnc(-c2sc(C3CC3)nc2CC)s1. The van der Waals surface area contributed by atoms with E-state index in [2.05, 4.69) is 29.4 Å². The lowest BCUT2D eigenvalue weighted by molar-refractivity contribution is 0.831. The third-order valence-corrected chi connectivity index (χ3v) is 5.70. The van der Waals surface area contributed by atoms with E-state index in [0.717, 1.165) is 23.1 Å². The van der Waals surface area contributed by atoms with E-state index in [0.29, 0.717) is 5.92 Å². The summed E-state index contributed by atoms with van der Waals surface area (Å²) in [5.74, 6) is 0.717. The molecule has 1 fully saturated rings. The Hall–Kier alpha value is -1.01. The Morgan fingerprint density at radius 1 is 1.20 bits per heavy atom. The van der Waals surface area contributed by atoms with Gasteiger partial charge in [-0.3, -0.25) is 0 Å². The van der Waals surface area contributed by atoms with E-state index < -0.39 is 0 Å². The van der Waals surface area contributed by atoms with Crippen molar-refractivity contribution in [1.29, 1.82) is 0 Å². The fraction of sp³-hybridized carbons (Fsp3) is 0.643. The van der Waals surface area contributed by atoms with E-state index in [9.17, 15) is 0 Å². The average molecular weight is 308 g/mol. The predicted octanol–water partition coefficient (Wildman–Crippen LogP) is 4.31. The molecule has 4 nitrogen and oxygen atoms in total. The lowest BCUT2D eigenvalue weighted by Crippen LogP contribution is -1.99. The first-order valence-electron chi connectivity index (χ1n) is 7.39. The topological polar surface area (TPSA) is 50.7 Å². The second-order valence-electron chi connectivity index (χ2n) is 5.15. The smallest absolute Gasteiger partial charge is 0.206 e. The first-order valence-corrected chi connectivity index (χ1v) is 9.02. The summed E-state index contributed by atoms with van der Waals surface area (Å²) in [4.78, 5) is 6.02. The van der Waals surface area contributed by atoms with Crippen LogP contribution in [0.1, 0.15) is 56.2 Å². The minimum atomic E-state index is 0.717. The van der Waals surface area contributed by atoms with Crippen LogP contribution in [-0.2, 0) is 6.42 Å². The van der Waals surface area contributed by atoms with Crippen molar-refractivity contribution in [2.24, 2.45) is 0 Å².